The van der Waals surface area contributed by atoms with E-state index in [1.807, 2.05) is 0 Å². The van der Waals surface area contributed by atoms with Crippen LogP contribution in [0.25, 0.3) is 0 Å². The summed E-state index contributed by atoms with van der Waals surface area (Å²) in [6.07, 6.45) is 4.71. The van der Waals surface area contributed by atoms with E-state index in [0.717, 1.165) is 19.1 Å². The molecule has 0 bridgehead atoms. The zero-order chi connectivity index (χ0) is 16.9. The lowest BCUT2D eigenvalue weighted by atomic mass is 9.81. The number of hydrogen-bond acceptors (Lipinski definition) is 6. The van der Waals surface area contributed by atoms with Crippen LogP contribution in [-0.2, 0) is 23.8 Å². The summed E-state index contributed by atoms with van der Waals surface area (Å²) >= 11 is 0. The lowest BCUT2D eigenvalue weighted by molar-refractivity contribution is -0.160. The highest BCUT2D eigenvalue weighted by Crippen LogP contribution is 2.36. The maximum absolute atomic E-state index is 12.2. The van der Waals surface area contributed by atoms with Gasteiger partial charge in [0.2, 0.25) is 5.54 Å². The van der Waals surface area contributed by atoms with Gasteiger partial charge in [-0.05, 0) is 13.3 Å². The molecule has 2 unspecified atom stereocenters. The maximum Gasteiger partial charge on any atom is 0.411 e. The molecule has 120 valence electrons. The van der Waals surface area contributed by atoms with Crippen LogP contribution in [0, 0.1) is 12.3 Å². The molecular formula is C15H19NO6. The van der Waals surface area contributed by atoms with Crippen LogP contribution in [0.2, 0.25) is 0 Å². The molecule has 22 heavy (non-hydrogen) atoms. The fourth-order valence-corrected chi connectivity index (χ4v) is 2.48. The summed E-state index contributed by atoms with van der Waals surface area (Å²) in [5.74, 6) is 0.752. The smallest absolute Gasteiger partial charge is 0.411 e. The highest BCUT2D eigenvalue weighted by molar-refractivity contribution is 5.93. The van der Waals surface area contributed by atoms with Crippen LogP contribution >= 0.6 is 0 Å². The minimum atomic E-state index is -1.78. The molecule has 1 aliphatic heterocycles. The Morgan fingerprint density at radius 2 is 2.05 bits per heavy atom. The molecule has 7 nitrogen and oxygen atoms in total. The van der Waals surface area contributed by atoms with Crippen LogP contribution in [0.4, 0.5) is 4.79 Å². The van der Waals surface area contributed by atoms with Gasteiger partial charge in [-0.3, -0.25) is 4.90 Å². The first-order valence-corrected chi connectivity index (χ1v) is 6.64. The number of carbonyl (C=O) groups excluding carboxylic acids is 3. The van der Waals surface area contributed by atoms with Gasteiger partial charge in [0, 0.05) is 6.42 Å². The van der Waals surface area contributed by atoms with Crippen LogP contribution in [0.15, 0.2) is 12.2 Å². The molecule has 0 N–H and O–H groups in total. The van der Waals surface area contributed by atoms with Gasteiger partial charge in [-0.15, -0.1) is 6.42 Å². The van der Waals surface area contributed by atoms with E-state index in [0.29, 0.717) is 5.57 Å². The van der Waals surface area contributed by atoms with Crippen LogP contribution < -0.4 is 0 Å². The number of piperidine rings is 1. The van der Waals surface area contributed by atoms with Gasteiger partial charge >= 0.3 is 18.0 Å². The second kappa shape index (κ2) is 6.98. The Balaban J connectivity index is 3.42. The van der Waals surface area contributed by atoms with Gasteiger partial charge < -0.3 is 14.2 Å². The average molecular weight is 309 g/mol. The fraction of sp³-hybridized carbons (Fsp3) is 0.533. The summed E-state index contributed by atoms with van der Waals surface area (Å²) in [5, 5.41) is 0. The summed E-state index contributed by atoms with van der Waals surface area (Å²) in [6, 6.07) is -1.09. The Morgan fingerprint density at radius 3 is 2.50 bits per heavy atom. The molecule has 7 heteroatoms. The van der Waals surface area contributed by atoms with Gasteiger partial charge in [-0.25, -0.2) is 14.4 Å². The molecule has 0 aromatic heterocycles. The summed E-state index contributed by atoms with van der Waals surface area (Å²) in [4.78, 5) is 37.4. The number of likely N-dealkylation sites (tertiary alicyclic amines) is 1. The number of ether oxygens (including phenoxy) is 3. The van der Waals surface area contributed by atoms with Gasteiger partial charge in [0.15, 0.2) is 0 Å². The third-order valence-corrected chi connectivity index (χ3v) is 3.40. The van der Waals surface area contributed by atoms with Crippen molar-refractivity contribution >= 4 is 18.0 Å². The molecule has 0 aromatic rings. The average Bonchev–Trinajstić information content (AvgIpc) is 2.52. The number of rotatable bonds is 3. The zero-order valence-electron chi connectivity index (χ0n) is 12.9. The number of esters is 2. The van der Waals surface area contributed by atoms with Crippen molar-refractivity contribution in [1.82, 2.24) is 4.90 Å². The number of terminal acetylenes is 1. The molecule has 1 heterocycles. The molecule has 0 radical (unpaired) electrons. The molecular weight excluding hydrogens is 290 g/mol. The second-order valence-electron chi connectivity index (χ2n) is 4.73. The van der Waals surface area contributed by atoms with Gasteiger partial charge in [-0.2, -0.15) is 0 Å². The molecule has 0 aliphatic carbocycles. The predicted molar refractivity (Wildman–Crippen MR) is 76.6 cm³/mol. The molecule has 2 atom stereocenters. The second-order valence-corrected chi connectivity index (χ2v) is 4.73. The predicted octanol–water partition coefficient (Wildman–Crippen LogP) is 0.881. The van der Waals surface area contributed by atoms with E-state index in [1.54, 1.807) is 6.92 Å². The topological polar surface area (TPSA) is 82.1 Å². The molecule has 0 spiro atoms. The van der Waals surface area contributed by atoms with E-state index < -0.39 is 29.6 Å². The highest BCUT2D eigenvalue weighted by Gasteiger charge is 2.55. The minimum absolute atomic E-state index is 0.0127. The normalized spacial score (nSPS) is 24.2. The van der Waals surface area contributed by atoms with E-state index in [9.17, 15) is 14.4 Å². The molecule has 1 aliphatic rings. The van der Waals surface area contributed by atoms with E-state index >= 15 is 0 Å². The van der Waals surface area contributed by atoms with Gasteiger partial charge in [0.1, 0.15) is 6.04 Å². The maximum atomic E-state index is 12.2. The van der Waals surface area contributed by atoms with Gasteiger partial charge in [0.25, 0.3) is 0 Å². The van der Waals surface area contributed by atoms with Crippen molar-refractivity contribution in [3.63, 3.8) is 0 Å². The number of methoxy groups -OCH3 is 2. The van der Waals surface area contributed by atoms with E-state index in [1.165, 1.54) is 0 Å². The Hall–Kier alpha value is -2.49. The molecule has 1 rings (SSSR count). The van der Waals surface area contributed by atoms with Crippen molar-refractivity contribution in [2.24, 2.45) is 0 Å². The monoisotopic (exact) mass is 309 g/mol. The Labute approximate surface area is 129 Å². The molecule has 0 aromatic carbocycles. The van der Waals surface area contributed by atoms with E-state index in [4.69, 9.17) is 15.9 Å². The molecule has 1 amide bonds. The van der Waals surface area contributed by atoms with Gasteiger partial charge in [0.05, 0.1) is 20.8 Å². The first-order chi connectivity index (χ1) is 10.4. The van der Waals surface area contributed by atoms with E-state index in [-0.39, 0.29) is 19.4 Å². The SMILES string of the molecule is C#CC1(C(=O)OC)CC(=C)CC(C(=O)OCC)N1C(=O)OC. The lowest BCUT2D eigenvalue weighted by Gasteiger charge is -2.44. The van der Waals surface area contributed by atoms with Crippen LogP contribution in [0.5, 0.6) is 0 Å². The standard InChI is InChI=1S/C15H19NO6/c1-6-15(13(18)20-4)9-10(3)8-11(12(17)22-7-2)16(15)14(19)21-5/h1,11H,3,7-9H2,2,4-5H3. The van der Waals surface area contributed by atoms with Crippen molar-refractivity contribution in [3.05, 3.63) is 12.2 Å². The number of nitrogens with zero attached hydrogens (tertiary/aromatic N) is 1. The quantitative estimate of drug-likeness (QED) is 0.333. The van der Waals surface area contributed by atoms with Crippen molar-refractivity contribution in [1.29, 1.82) is 0 Å². The van der Waals surface area contributed by atoms with Crippen molar-refractivity contribution < 1.29 is 28.6 Å². The fourth-order valence-electron chi connectivity index (χ4n) is 2.48. The third-order valence-electron chi connectivity index (χ3n) is 3.40. The Bertz CT molecular complexity index is 535. The number of carbonyl (C=O) groups is 3. The highest BCUT2D eigenvalue weighted by atomic mass is 16.6. The van der Waals surface area contributed by atoms with Crippen LogP contribution in [-0.4, -0.2) is 55.3 Å². The van der Waals surface area contributed by atoms with E-state index in [2.05, 4.69) is 17.2 Å². The van der Waals surface area contributed by atoms with Crippen molar-refractivity contribution in [2.45, 2.75) is 31.3 Å². The van der Waals surface area contributed by atoms with Crippen LogP contribution in [0.3, 0.4) is 0 Å². The molecule has 0 saturated carbocycles. The number of amides is 1. The summed E-state index contributed by atoms with van der Waals surface area (Å²) in [6.45, 7) is 5.55. The van der Waals surface area contributed by atoms with Gasteiger partial charge in [-0.1, -0.05) is 18.1 Å². The molecule has 1 saturated heterocycles. The first-order valence-electron chi connectivity index (χ1n) is 6.64. The summed E-state index contributed by atoms with van der Waals surface area (Å²) in [7, 11) is 2.28. The largest absolute Gasteiger partial charge is 0.467 e. The van der Waals surface area contributed by atoms with Crippen LogP contribution in [0.1, 0.15) is 19.8 Å². The summed E-state index contributed by atoms with van der Waals surface area (Å²) in [5.41, 5.74) is -1.24. The summed E-state index contributed by atoms with van der Waals surface area (Å²) < 4.78 is 14.4. The minimum Gasteiger partial charge on any atom is -0.467 e. The van der Waals surface area contributed by atoms with Crippen molar-refractivity contribution in [3.8, 4) is 12.3 Å². The molecule has 1 fully saturated rings. The third kappa shape index (κ3) is 2.91. The van der Waals surface area contributed by atoms with Crippen molar-refractivity contribution in [2.75, 3.05) is 20.8 Å². The Kier molecular flexibility index (Phi) is 5.57. The zero-order valence-corrected chi connectivity index (χ0v) is 12.9. The lowest BCUT2D eigenvalue weighted by Crippen LogP contribution is -2.65. The Morgan fingerprint density at radius 1 is 1.41 bits per heavy atom. The number of hydrogen-bond donors (Lipinski definition) is 0. The first kappa shape index (κ1) is 17.6.